The lowest BCUT2D eigenvalue weighted by Crippen LogP contribution is -2.12. The first-order valence-electron chi connectivity index (χ1n) is 8.30. The van der Waals surface area contributed by atoms with E-state index in [2.05, 4.69) is 9.97 Å². The molecule has 3 aromatic rings. The van der Waals surface area contributed by atoms with E-state index in [4.69, 9.17) is 0 Å². The molecule has 6 heteroatoms. The van der Waals surface area contributed by atoms with Crippen molar-refractivity contribution in [2.24, 2.45) is 0 Å². The summed E-state index contributed by atoms with van der Waals surface area (Å²) in [6.45, 7) is 2.53. The van der Waals surface area contributed by atoms with E-state index < -0.39 is 5.82 Å². The molecule has 0 spiro atoms. The molecule has 0 atom stereocenters. The fourth-order valence-corrected chi connectivity index (χ4v) is 3.38. The zero-order valence-electron chi connectivity index (χ0n) is 13.8. The molecule has 0 saturated carbocycles. The van der Waals surface area contributed by atoms with Crippen molar-refractivity contribution in [1.82, 2.24) is 14.5 Å². The number of fused-ring (bicyclic) bond motifs is 1. The maximum Gasteiger partial charge on any atom is 0.147 e. The Morgan fingerprint density at radius 2 is 1.84 bits per heavy atom. The minimum atomic E-state index is -0.522. The summed E-state index contributed by atoms with van der Waals surface area (Å²) in [5, 5.41) is 20.4. The predicted molar refractivity (Wildman–Crippen MR) is 91.9 cm³/mol. The van der Waals surface area contributed by atoms with Crippen LogP contribution in [0.25, 0.3) is 22.8 Å². The van der Waals surface area contributed by atoms with Crippen molar-refractivity contribution >= 4 is 0 Å². The van der Waals surface area contributed by atoms with E-state index in [1.807, 2.05) is 11.5 Å². The minimum absolute atomic E-state index is 0.0429. The normalized spacial score (nSPS) is 13.7. The molecular weight excluding hydrogens is 321 g/mol. The van der Waals surface area contributed by atoms with Crippen LogP contribution in [0.3, 0.4) is 0 Å². The van der Waals surface area contributed by atoms with E-state index in [0.717, 1.165) is 30.7 Å². The van der Waals surface area contributed by atoms with Gasteiger partial charge in [0.25, 0.3) is 0 Å². The van der Waals surface area contributed by atoms with Crippen molar-refractivity contribution in [3.63, 3.8) is 0 Å². The Morgan fingerprint density at radius 3 is 2.64 bits per heavy atom. The number of hydrogen-bond acceptors (Lipinski definition) is 4. The van der Waals surface area contributed by atoms with Crippen LogP contribution in [-0.4, -0.2) is 24.7 Å². The van der Waals surface area contributed by atoms with Crippen LogP contribution in [-0.2, 0) is 13.0 Å². The van der Waals surface area contributed by atoms with Crippen LogP contribution < -0.4 is 0 Å². The van der Waals surface area contributed by atoms with Crippen LogP contribution in [0.1, 0.15) is 24.2 Å². The van der Waals surface area contributed by atoms with Gasteiger partial charge >= 0.3 is 0 Å². The van der Waals surface area contributed by atoms with E-state index in [9.17, 15) is 14.6 Å². The van der Waals surface area contributed by atoms with Gasteiger partial charge in [-0.25, -0.2) is 14.4 Å². The van der Waals surface area contributed by atoms with E-state index >= 15 is 0 Å². The number of rotatable bonds is 2. The van der Waals surface area contributed by atoms with Crippen molar-refractivity contribution in [2.75, 3.05) is 0 Å². The fraction of sp³-hybridized carbons (Fsp3) is 0.263. The van der Waals surface area contributed by atoms with E-state index in [1.54, 1.807) is 12.1 Å². The van der Waals surface area contributed by atoms with Gasteiger partial charge in [-0.3, -0.25) is 0 Å². The third-order valence-corrected chi connectivity index (χ3v) is 4.57. The maximum absolute atomic E-state index is 14.4. The summed E-state index contributed by atoms with van der Waals surface area (Å²) in [4.78, 5) is 9.02. The van der Waals surface area contributed by atoms with E-state index in [-0.39, 0.29) is 17.1 Å². The Bertz CT molecular complexity index is 945. The molecule has 128 valence electrons. The first-order chi connectivity index (χ1) is 12.1. The lowest BCUT2D eigenvalue weighted by Gasteiger charge is -2.18. The molecule has 4 rings (SSSR count). The smallest absolute Gasteiger partial charge is 0.147 e. The van der Waals surface area contributed by atoms with Gasteiger partial charge in [-0.2, -0.15) is 0 Å². The highest BCUT2D eigenvalue weighted by atomic mass is 19.1. The molecule has 1 aliphatic rings. The summed E-state index contributed by atoms with van der Waals surface area (Å²) < 4.78 is 16.3. The molecule has 0 fully saturated rings. The number of hydrogen-bond donors (Lipinski definition) is 2. The average molecular weight is 339 g/mol. The fourth-order valence-electron chi connectivity index (χ4n) is 3.38. The largest absolute Gasteiger partial charge is 0.507 e. The van der Waals surface area contributed by atoms with Crippen LogP contribution in [0.15, 0.2) is 30.3 Å². The Kier molecular flexibility index (Phi) is 3.67. The number of aromatic nitrogens is 3. The van der Waals surface area contributed by atoms with Crippen LogP contribution >= 0.6 is 0 Å². The Balaban J connectivity index is 1.99. The van der Waals surface area contributed by atoms with Crippen LogP contribution in [0.2, 0.25) is 0 Å². The second-order valence-electron chi connectivity index (χ2n) is 6.29. The second-order valence-corrected chi connectivity index (χ2v) is 6.29. The quantitative estimate of drug-likeness (QED) is 0.745. The molecule has 0 radical (unpaired) electrons. The highest BCUT2D eigenvalue weighted by Crippen LogP contribution is 2.39. The first kappa shape index (κ1) is 15.6. The van der Waals surface area contributed by atoms with E-state index in [0.29, 0.717) is 23.8 Å². The number of phenols is 1. The molecule has 3 heterocycles. The van der Waals surface area contributed by atoms with Crippen molar-refractivity contribution in [3.8, 4) is 34.3 Å². The lowest BCUT2D eigenvalue weighted by molar-refractivity contribution is 0.469. The number of imidazole rings is 1. The van der Waals surface area contributed by atoms with Gasteiger partial charge in [-0.15, -0.1) is 0 Å². The molecule has 0 unspecified atom stereocenters. The topological polar surface area (TPSA) is 71.2 Å². The summed E-state index contributed by atoms with van der Waals surface area (Å²) in [5.74, 6) is -0.248. The average Bonchev–Trinajstić information content (AvgIpc) is 2.96. The summed E-state index contributed by atoms with van der Waals surface area (Å²) in [5.41, 5.74) is 2.72. The van der Waals surface area contributed by atoms with Gasteiger partial charge in [0.2, 0.25) is 0 Å². The molecule has 0 aliphatic carbocycles. The molecule has 5 nitrogen and oxygen atoms in total. The molecular formula is C19H18FN3O2. The number of aromatic hydroxyl groups is 2. The Morgan fingerprint density at radius 1 is 1.00 bits per heavy atom. The van der Waals surface area contributed by atoms with Gasteiger partial charge < -0.3 is 14.8 Å². The van der Waals surface area contributed by atoms with Gasteiger partial charge in [-0.05, 0) is 50.5 Å². The van der Waals surface area contributed by atoms with Crippen molar-refractivity contribution in [1.29, 1.82) is 0 Å². The second kappa shape index (κ2) is 5.88. The zero-order valence-corrected chi connectivity index (χ0v) is 13.8. The van der Waals surface area contributed by atoms with Gasteiger partial charge in [-0.1, -0.05) is 6.07 Å². The van der Waals surface area contributed by atoms with Crippen molar-refractivity contribution in [3.05, 3.63) is 47.5 Å². The van der Waals surface area contributed by atoms with Gasteiger partial charge in [0.15, 0.2) is 0 Å². The molecule has 2 aromatic heterocycles. The van der Waals surface area contributed by atoms with Crippen LogP contribution in [0.4, 0.5) is 4.39 Å². The van der Waals surface area contributed by atoms with Crippen LogP contribution in [0.5, 0.6) is 11.5 Å². The monoisotopic (exact) mass is 339 g/mol. The zero-order chi connectivity index (χ0) is 17.6. The number of pyridine rings is 1. The SMILES string of the molecule is Cc1ccc(O)c(-c2nc(-c3c(O)cccc3F)n3c2CCCC3)n1. The molecule has 0 amide bonds. The summed E-state index contributed by atoms with van der Waals surface area (Å²) in [7, 11) is 0. The molecule has 0 bridgehead atoms. The van der Waals surface area contributed by atoms with Crippen LogP contribution in [0, 0.1) is 12.7 Å². The number of aryl methyl sites for hydroxylation is 1. The minimum Gasteiger partial charge on any atom is -0.507 e. The molecule has 25 heavy (non-hydrogen) atoms. The molecule has 1 aromatic carbocycles. The standard InChI is InChI=1S/C19H18FN3O2/c1-11-8-9-15(25)18(21-11)17-13-6-2-3-10-23(13)19(22-17)16-12(20)5-4-7-14(16)24/h4-5,7-9,24-25H,2-3,6,10H2,1H3. The third kappa shape index (κ3) is 2.54. The number of nitrogens with zero attached hydrogens (tertiary/aromatic N) is 3. The number of benzene rings is 1. The highest BCUT2D eigenvalue weighted by molar-refractivity contribution is 5.73. The van der Waals surface area contributed by atoms with Crippen molar-refractivity contribution < 1.29 is 14.6 Å². The molecule has 1 aliphatic heterocycles. The lowest BCUT2D eigenvalue weighted by atomic mass is 10.1. The summed E-state index contributed by atoms with van der Waals surface area (Å²) in [6.07, 6.45) is 2.72. The summed E-state index contributed by atoms with van der Waals surface area (Å²) in [6, 6.07) is 7.53. The predicted octanol–water partition coefficient (Wildman–Crippen LogP) is 3.81. The van der Waals surface area contributed by atoms with Gasteiger partial charge in [0, 0.05) is 17.9 Å². The Labute approximate surface area is 144 Å². The maximum atomic E-state index is 14.4. The Hall–Kier alpha value is -2.89. The summed E-state index contributed by atoms with van der Waals surface area (Å²) >= 11 is 0. The molecule has 0 saturated heterocycles. The highest BCUT2D eigenvalue weighted by Gasteiger charge is 2.27. The number of phenolic OH excluding ortho intramolecular Hbond substituents is 1. The van der Waals surface area contributed by atoms with Gasteiger partial charge in [0.1, 0.15) is 34.5 Å². The first-order valence-corrected chi connectivity index (χ1v) is 8.30. The van der Waals surface area contributed by atoms with Gasteiger partial charge in [0.05, 0.1) is 5.56 Å². The van der Waals surface area contributed by atoms with E-state index in [1.165, 1.54) is 18.2 Å². The van der Waals surface area contributed by atoms with Crippen molar-refractivity contribution in [2.45, 2.75) is 32.7 Å². The number of halogens is 1. The molecule has 2 N–H and O–H groups in total. The third-order valence-electron chi connectivity index (χ3n) is 4.57.